The normalized spacial score (nSPS) is 10.1. The molecule has 7 heteroatoms. The van der Waals surface area contributed by atoms with Crippen LogP contribution in [-0.2, 0) is 11.2 Å². The van der Waals surface area contributed by atoms with Crippen molar-refractivity contribution in [3.63, 3.8) is 0 Å². The van der Waals surface area contributed by atoms with Gasteiger partial charge in [0.1, 0.15) is 5.69 Å². The number of pyridine rings is 1. The first-order chi connectivity index (χ1) is 9.95. The summed E-state index contributed by atoms with van der Waals surface area (Å²) in [5.41, 5.74) is 1.53. The lowest BCUT2D eigenvalue weighted by Crippen LogP contribution is -2.12. The van der Waals surface area contributed by atoms with Gasteiger partial charge in [-0.2, -0.15) is 0 Å². The summed E-state index contributed by atoms with van der Waals surface area (Å²) in [7, 11) is 0. The van der Waals surface area contributed by atoms with E-state index in [0.29, 0.717) is 16.9 Å². The number of aliphatic carboxylic acids is 1. The van der Waals surface area contributed by atoms with E-state index in [2.05, 4.69) is 15.3 Å². The van der Waals surface area contributed by atoms with Crippen LogP contribution < -0.4 is 5.32 Å². The Bertz CT molecular complexity index is 688. The van der Waals surface area contributed by atoms with Crippen LogP contribution in [0.3, 0.4) is 0 Å². The summed E-state index contributed by atoms with van der Waals surface area (Å²) in [6.07, 6.45) is 2.67. The predicted octanol–water partition coefficient (Wildman–Crippen LogP) is 1.49. The van der Waals surface area contributed by atoms with Gasteiger partial charge in [0.05, 0.1) is 24.0 Å². The lowest BCUT2D eigenvalue weighted by atomic mass is 10.2. The van der Waals surface area contributed by atoms with Gasteiger partial charge in [-0.1, -0.05) is 0 Å². The fourth-order valence-corrected chi connectivity index (χ4v) is 1.69. The first-order valence-electron chi connectivity index (χ1n) is 6.13. The fourth-order valence-electron chi connectivity index (χ4n) is 1.69. The summed E-state index contributed by atoms with van der Waals surface area (Å²) >= 11 is 0. The molecule has 21 heavy (non-hydrogen) atoms. The number of nitrogens with one attached hydrogen (secondary N) is 2. The van der Waals surface area contributed by atoms with E-state index in [9.17, 15) is 14.4 Å². The number of carbonyl (C=O) groups excluding carboxylic acids is 2. The molecule has 0 aromatic carbocycles. The number of amides is 1. The first kappa shape index (κ1) is 14.4. The number of hydrogen-bond donors (Lipinski definition) is 3. The van der Waals surface area contributed by atoms with E-state index in [0.717, 1.165) is 0 Å². The molecule has 108 valence electrons. The maximum Gasteiger partial charge on any atom is 0.309 e. The van der Waals surface area contributed by atoms with E-state index in [1.54, 1.807) is 6.07 Å². The zero-order chi connectivity index (χ0) is 15.4. The highest BCUT2D eigenvalue weighted by Gasteiger charge is 2.11. The summed E-state index contributed by atoms with van der Waals surface area (Å²) in [6.45, 7) is 1.41. The number of hydrogen-bond acceptors (Lipinski definition) is 4. The van der Waals surface area contributed by atoms with Gasteiger partial charge in [0, 0.05) is 11.8 Å². The van der Waals surface area contributed by atoms with Crippen LogP contribution in [0.2, 0.25) is 0 Å². The molecular formula is C14H13N3O4. The lowest BCUT2D eigenvalue weighted by Gasteiger charge is -2.04. The van der Waals surface area contributed by atoms with Crippen LogP contribution in [0.1, 0.15) is 33.5 Å². The molecule has 1 amide bonds. The quantitative estimate of drug-likeness (QED) is 0.721. The Kier molecular flexibility index (Phi) is 4.13. The minimum atomic E-state index is -0.970. The highest BCUT2D eigenvalue weighted by atomic mass is 16.4. The number of aromatic amines is 1. The van der Waals surface area contributed by atoms with Crippen LogP contribution in [0.5, 0.6) is 0 Å². The molecule has 0 aliphatic heterocycles. The van der Waals surface area contributed by atoms with Crippen LogP contribution >= 0.6 is 0 Å². The molecule has 0 fully saturated rings. The van der Waals surface area contributed by atoms with Crippen molar-refractivity contribution in [2.75, 3.05) is 5.32 Å². The molecule has 0 spiro atoms. The average Bonchev–Trinajstić information content (AvgIpc) is 2.90. The topological polar surface area (TPSA) is 112 Å². The summed E-state index contributed by atoms with van der Waals surface area (Å²) < 4.78 is 0. The Labute approximate surface area is 120 Å². The Morgan fingerprint density at radius 2 is 2.10 bits per heavy atom. The molecule has 2 heterocycles. The minimum Gasteiger partial charge on any atom is -0.481 e. The van der Waals surface area contributed by atoms with Gasteiger partial charge in [-0.15, -0.1) is 0 Å². The highest BCUT2D eigenvalue weighted by molar-refractivity contribution is 6.05. The summed E-state index contributed by atoms with van der Waals surface area (Å²) in [5.74, 6) is -1.51. The maximum atomic E-state index is 11.9. The lowest BCUT2D eigenvalue weighted by molar-refractivity contribution is -0.136. The van der Waals surface area contributed by atoms with Crippen molar-refractivity contribution in [2.24, 2.45) is 0 Å². The number of aromatic nitrogens is 2. The fraction of sp³-hybridized carbons (Fsp3) is 0.143. The number of ketones is 1. The van der Waals surface area contributed by atoms with E-state index in [1.165, 1.54) is 31.5 Å². The zero-order valence-electron chi connectivity index (χ0n) is 11.2. The van der Waals surface area contributed by atoms with Gasteiger partial charge in [0.15, 0.2) is 5.78 Å². The molecule has 2 aromatic heterocycles. The molecule has 0 atom stereocenters. The third-order valence-electron chi connectivity index (χ3n) is 2.75. The number of carboxylic acids is 1. The van der Waals surface area contributed by atoms with E-state index in [4.69, 9.17) is 5.11 Å². The van der Waals surface area contributed by atoms with Crippen molar-refractivity contribution in [1.29, 1.82) is 0 Å². The first-order valence-corrected chi connectivity index (χ1v) is 6.13. The molecular weight excluding hydrogens is 274 g/mol. The monoisotopic (exact) mass is 287 g/mol. The smallest absolute Gasteiger partial charge is 0.309 e. The zero-order valence-corrected chi connectivity index (χ0v) is 11.2. The molecule has 3 N–H and O–H groups in total. The number of rotatable bonds is 5. The van der Waals surface area contributed by atoms with Crippen LogP contribution in [0.4, 0.5) is 5.69 Å². The van der Waals surface area contributed by atoms with Gasteiger partial charge in [-0.3, -0.25) is 19.4 Å². The molecule has 2 aromatic rings. The van der Waals surface area contributed by atoms with E-state index < -0.39 is 11.9 Å². The van der Waals surface area contributed by atoms with Crippen LogP contribution in [0, 0.1) is 0 Å². The summed E-state index contributed by atoms with van der Waals surface area (Å²) in [6, 6.07) is 4.56. The number of Topliss-reactive ketones (excluding diaryl/α,β-unsaturated/α-hetero) is 1. The number of nitrogens with zero attached hydrogens (tertiary/aromatic N) is 1. The van der Waals surface area contributed by atoms with Crippen LogP contribution in [0.15, 0.2) is 30.6 Å². The van der Waals surface area contributed by atoms with E-state index >= 15 is 0 Å². The highest BCUT2D eigenvalue weighted by Crippen LogP contribution is 2.10. The molecule has 0 unspecified atom stereocenters. The van der Waals surface area contributed by atoms with Crippen molar-refractivity contribution < 1.29 is 19.5 Å². The third kappa shape index (κ3) is 3.75. The Balaban J connectivity index is 2.04. The average molecular weight is 287 g/mol. The number of carboxylic acid groups (broad SMARTS) is 1. The molecule has 2 rings (SSSR count). The van der Waals surface area contributed by atoms with Crippen molar-refractivity contribution >= 4 is 23.3 Å². The van der Waals surface area contributed by atoms with Crippen molar-refractivity contribution in [3.8, 4) is 0 Å². The Morgan fingerprint density at radius 1 is 1.33 bits per heavy atom. The standard InChI is InChI=1S/C14H13N3O4/c1-8(18)9-4-12(16-6-9)14(21)17-11-3-2-10(15-7-11)5-13(19)20/h2-4,6-7,16H,5H2,1H3,(H,17,21)(H,19,20). The molecule has 0 aliphatic carbocycles. The third-order valence-corrected chi connectivity index (χ3v) is 2.75. The summed E-state index contributed by atoms with van der Waals surface area (Å²) in [4.78, 5) is 40.3. The van der Waals surface area contributed by atoms with Crippen LogP contribution in [0.25, 0.3) is 0 Å². The van der Waals surface area contributed by atoms with Gasteiger partial charge >= 0.3 is 5.97 Å². The Morgan fingerprint density at radius 3 is 2.62 bits per heavy atom. The second-order valence-corrected chi connectivity index (χ2v) is 4.42. The molecule has 0 aliphatic rings. The predicted molar refractivity (Wildman–Crippen MR) is 74.3 cm³/mol. The second-order valence-electron chi connectivity index (χ2n) is 4.42. The molecule has 0 bridgehead atoms. The second kappa shape index (κ2) is 6.00. The van der Waals surface area contributed by atoms with Gasteiger partial charge < -0.3 is 15.4 Å². The number of carbonyl (C=O) groups is 3. The van der Waals surface area contributed by atoms with Crippen molar-refractivity contribution in [1.82, 2.24) is 9.97 Å². The SMILES string of the molecule is CC(=O)c1c[nH]c(C(=O)Nc2ccc(CC(=O)O)nc2)c1. The van der Waals surface area contributed by atoms with Gasteiger partial charge in [0.25, 0.3) is 5.91 Å². The molecule has 0 radical (unpaired) electrons. The van der Waals surface area contributed by atoms with Gasteiger partial charge in [-0.25, -0.2) is 0 Å². The minimum absolute atomic E-state index is 0.134. The maximum absolute atomic E-state index is 11.9. The van der Waals surface area contributed by atoms with Gasteiger partial charge in [-0.05, 0) is 25.1 Å². The summed E-state index contributed by atoms with van der Waals surface area (Å²) in [5, 5.41) is 11.2. The molecule has 0 saturated heterocycles. The van der Waals surface area contributed by atoms with E-state index in [1.807, 2.05) is 0 Å². The largest absolute Gasteiger partial charge is 0.481 e. The van der Waals surface area contributed by atoms with Gasteiger partial charge in [0.2, 0.25) is 0 Å². The van der Waals surface area contributed by atoms with Crippen molar-refractivity contribution in [2.45, 2.75) is 13.3 Å². The van der Waals surface area contributed by atoms with Crippen LogP contribution in [-0.4, -0.2) is 32.7 Å². The number of anilines is 1. The van der Waals surface area contributed by atoms with E-state index in [-0.39, 0.29) is 17.9 Å². The molecule has 7 nitrogen and oxygen atoms in total. The number of H-pyrrole nitrogens is 1. The van der Waals surface area contributed by atoms with Crippen molar-refractivity contribution in [3.05, 3.63) is 47.5 Å². The molecule has 0 saturated carbocycles. The Hall–Kier alpha value is -2.96.